The zero-order valence-corrected chi connectivity index (χ0v) is 7.79. The van der Waals surface area contributed by atoms with E-state index in [1.165, 1.54) is 0 Å². The minimum absolute atomic E-state index is 0. The molecule has 0 bridgehead atoms. The van der Waals surface area contributed by atoms with Gasteiger partial charge in [-0.25, -0.2) is 4.99 Å². The highest BCUT2D eigenvalue weighted by atomic mass is 35.5. The minimum atomic E-state index is 0. The van der Waals surface area contributed by atoms with Crippen molar-refractivity contribution in [3.63, 3.8) is 0 Å². The van der Waals surface area contributed by atoms with Crippen LogP contribution >= 0.6 is 12.4 Å². The molecule has 0 aliphatic heterocycles. The number of phenols is 1. The van der Waals surface area contributed by atoms with E-state index >= 15 is 0 Å². The lowest BCUT2D eigenvalue weighted by atomic mass is 10.2. The van der Waals surface area contributed by atoms with Crippen LogP contribution in [0.2, 0.25) is 0 Å². The predicted octanol–water partition coefficient (Wildman–Crippen LogP) is 0.587. The summed E-state index contributed by atoms with van der Waals surface area (Å²) in [6.45, 7) is 0.400. The number of hydrogen-bond donors (Lipinski definition) is 3. The van der Waals surface area contributed by atoms with Crippen LogP contribution in [0.3, 0.4) is 0 Å². The van der Waals surface area contributed by atoms with Crippen LogP contribution < -0.4 is 11.5 Å². The first-order chi connectivity index (χ1) is 5.68. The van der Waals surface area contributed by atoms with Crippen molar-refractivity contribution in [1.29, 1.82) is 0 Å². The monoisotopic (exact) mass is 201 g/mol. The van der Waals surface area contributed by atoms with Crippen LogP contribution in [0, 0.1) is 0 Å². The Labute approximate surface area is 82.7 Å². The quantitative estimate of drug-likeness (QED) is 0.484. The Morgan fingerprint density at radius 2 is 2.08 bits per heavy atom. The molecule has 1 aromatic carbocycles. The molecule has 0 saturated heterocycles. The lowest BCUT2D eigenvalue weighted by molar-refractivity contribution is 0.474. The third-order valence-electron chi connectivity index (χ3n) is 1.35. The maximum absolute atomic E-state index is 9.07. The van der Waals surface area contributed by atoms with E-state index in [0.717, 1.165) is 5.56 Å². The van der Waals surface area contributed by atoms with E-state index in [1.807, 2.05) is 6.07 Å². The molecule has 0 aliphatic carbocycles. The number of rotatable bonds is 2. The number of phenolic OH excluding ortho intramolecular Hbond substituents is 1. The Kier molecular flexibility index (Phi) is 4.69. The van der Waals surface area contributed by atoms with Gasteiger partial charge in [0, 0.05) is 0 Å². The maximum Gasteiger partial charge on any atom is 0.186 e. The van der Waals surface area contributed by atoms with Crippen LogP contribution in [0.25, 0.3) is 0 Å². The third-order valence-corrected chi connectivity index (χ3v) is 1.35. The average molecular weight is 202 g/mol. The smallest absolute Gasteiger partial charge is 0.186 e. The molecule has 0 fully saturated rings. The molecule has 13 heavy (non-hydrogen) atoms. The van der Waals surface area contributed by atoms with Gasteiger partial charge in [-0.3, -0.25) is 0 Å². The Morgan fingerprint density at radius 1 is 1.38 bits per heavy atom. The van der Waals surface area contributed by atoms with Crippen LogP contribution in [0.15, 0.2) is 29.3 Å². The molecule has 72 valence electrons. The summed E-state index contributed by atoms with van der Waals surface area (Å²) in [4.78, 5) is 3.80. The maximum atomic E-state index is 9.07. The second-order valence-corrected chi connectivity index (χ2v) is 2.41. The Morgan fingerprint density at radius 3 is 2.62 bits per heavy atom. The van der Waals surface area contributed by atoms with Crippen molar-refractivity contribution < 1.29 is 5.11 Å². The van der Waals surface area contributed by atoms with E-state index in [0.29, 0.717) is 6.54 Å². The van der Waals surface area contributed by atoms with E-state index < -0.39 is 0 Å². The van der Waals surface area contributed by atoms with E-state index in [4.69, 9.17) is 16.6 Å². The molecule has 0 aliphatic rings. The first kappa shape index (κ1) is 11.6. The first-order valence-corrected chi connectivity index (χ1v) is 3.52. The number of aromatic hydroxyl groups is 1. The Hall–Kier alpha value is -1.42. The van der Waals surface area contributed by atoms with E-state index in [-0.39, 0.29) is 24.1 Å². The van der Waals surface area contributed by atoms with Gasteiger partial charge >= 0.3 is 0 Å². The zero-order chi connectivity index (χ0) is 8.97. The van der Waals surface area contributed by atoms with Gasteiger partial charge in [0.2, 0.25) is 0 Å². The van der Waals surface area contributed by atoms with Gasteiger partial charge in [0.05, 0.1) is 6.54 Å². The summed E-state index contributed by atoms with van der Waals surface area (Å²) in [6, 6.07) is 6.80. The summed E-state index contributed by atoms with van der Waals surface area (Å²) >= 11 is 0. The van der Waals surface area contributed by atoms with Crippen molar-refractivity contribution in [1.82, 2.24) is 0 Å². The van der Waals surface area contributed by atoms with E-state index in [2.05, 4.69) is 4.99 Å². The fraction of sp³-hybridized carbons (Fsp3) is 0.125. The number of guanidine groups is 1. The molecule has 0 atom stereocenters. The van der Waals surface area contributed by atoms with Crippen LogP contribution in [0.1, 0.15) is 5.56 Å². The molecule has 0 unspecified atom stereocenters. The number of halogens is 1. The topological polar surface area (TPSA) is 84.6 Å². The Bertz CT molecular complexity index is 297. The van der Waals surface area contributed by atoms with Gasteiger partial charge in [0.25, 0.3) is 0 Å². The molecular weight excluding hydrogens is 190 g/mol. The van der Waals surface area contributed by atoms with Crippen molar-refractivity contribution in [2.24, 2.45) is 16.5 Å². The number of hydrogen-bond acceptors (Lipinski definition) is 2. The molecule has 1 aromatic rings. The summed E-state index contributed by atoms with van der Waals surface area (Å²) in [6.07, 6.45) is 0. The van der Waals surface area contributed by atoms with Gasteiger partial charge < -0.3 is 16.6 Å². The summed E-state index contributed by atoms with van der Waals surface area (Å²) in [5.41, 5.74) is 11.2. The predicted molar refractivity (Wildman–Crippen MR) is 54.9 cm³/mol. The van der Waals surface area contributed by atoms with Gasteiger partial charge in [-0.2, -0.15) is 0 Å². The molecule has 0 heterocycles. The second-order valence-electron chi connectivity index (χ2n) is 2.41. The highest BCUT2D eigenvalue weighted by molar-refractivity contribution is 5.85. The van der Waals surface area contributed by atoms with Crippen molar-refractivity contribution in [3.8, 4) is 5.75 Å². The van der Waals surface area contributed by atoms with Gasteiger partial charge in [0.15, 0.2) is 5.96 Å². The molecule has 0 spiro atoms. The van der Waals surface area contributed by atoms with Crippen molar-refractivity contribution in [3.05, 3.63) is 29.8 Å². The molecule has 0 aromatic heterocycles. The van der Waals surface area contributed by atoms with Gasteiger partial charge in [-0.1, -0.05) is 12.1 Å². The standard InChI is InChI=1S/C8H11N3O.ClH/c9-8(10)11-5-6-2-1-3-7(12)4-6;/h1-4,12H,5H2,(H4,9,10,11);1H. The molecule has 0 saturated carbocycles. The number of nitrogens with two attached hydrogens (primary N) is 2. The van der Waals surface area contributed by atoms with Crippen LogP contribution in [-0.2, 0) is 6.54 Å². The lowest BCUT2D eigenvalue weighted by Gasteiger charge is -1.97. The number of nitrogens with zero attached hydrogens (tertiary/aromatic N) is 1. The van der Waals surface area contributed by atoms with Crippen LogP contribution in [0.4, 0.5) is 0 Å². The average Bonchev–Trinajstić information content (AvgIpc) is 2.01. The van der Waals surface area contributed by atoms with Crippen LogP contribution in [-0.4, -0.2) is 11.1 Å². The molecule has 5 N–H and O–H groups in total. The third kappa shape index (κ3) is 4.22. The number of benzene rings is 1. The molecule has 5 heteroatoms. The Balaban J connectivity index is 0.00000144. The number of aliphatic imine (C=N–C) groups is 1. The van der Waals surface area contributed by atoms with Crippen molar-refractivity contribution >= 4 is 18.4 Å². The fourth-order valence-electron chi connectivity index (χ4n) is 0.837. The summed E-state index contributed by atoms with van der Waals surface area (Å²) < 4.78 is 0. The first-order valence-electron chi connectivity index (χ1n) is 3.52. The minimum Gasteiger partial charge on any atom is -0.508 e. The summed E-state index contributed by atoms with van der Waals surface area (Å²) in [7, 11) is 0. The molecule has 1 rings (SSSR count). The summed E-state index contributed by atoms with van der Waals surface area (Å²) in [5.74, 6) is 0.275. The molecule has 4 nitrogen and oxygen atoms in total. The largest absolute Gasteiger partial charge is 0.508 e. The molecular formula is C8H12ClN3O. The van der Waals surface area contributed by atoms with Gasteiger partial charge in [-0.15, -0.1) is 12.4 Å². The van der Waals surface area contributed by atoms with E-state index in [9.17, 15) is 0 Å². The normalized spacial score (nSPS) is 8.62. The molecule has 0 amide bonds. The highest BCUT2D eigenvalue weighted by Crippen LogP contribution is 2.11. The molecule has 0 radical (unpaired) electrons. The van der Waals surface area contributed by atoms with E-state index in [1.54, 1.807) is 18.2 Å². The zero-order valence-electron chi connectivity index (χ0n) is 6.97. The fourth-order valence-corrected chi connectivity index (χ4v) is 0.837. The van der Waals surface area contributed by atoms with Crippen LogP contribution in [0.5, 0.6) is 5.75 Å². The summed E-state index contributed by atoms with van der Waals surface area (Å²) in [5, 5.41) is 9.07. The van der Waals surface area contributed by atoms with Gasteiger partial charge in [-0.05, 0) is 17.7 Å². The lowest BCUT2D eigenvalue weighted by Crippen LogP contribution is -2.22. The second kappa shape index (κ2) is 5.27. The SMILES string of the molecule is Cl.NC(N)=NCc1cccc(O)c1. The van der Waals surface area contributed by atoms with Gasteiger partial charge in [0.1, 0.15) is 5.75 Å². The van der Waals surface area contributed by atoms with Crippen molar-refractivity contribution in [2.45, 2.75) is 6.54 Å². The van der Waals surface area contributed by atoms with Crippen molar-refractivity contribution in [2.75, 3.05) is 0 Å². The highest BCUT2D eigenvalue weighted by Gasteiger charge is 1.92.